The fourth-order valence-corrected chi connectivity index (χ4v) is 3.88. The average Bonchev–Trinajstić information content (AvgIpc) is 2.75. The van der Waals surface area contributed by atoms with Crippen LogP contribution in [0.3, 0.4) is 0 Å². The molecule has 7 heteroatoms. The maximum absolute atomic E-state index is 12.9. The molecular weight excluding hydrogens is 411 g/mol. The second kappa shape index (κ2) is 10.1. The number of methoxy groups -OCH3 is 1. The van der Waals surface area contributed by atoms with Crippen LogP contribution in [0.2, 0.25) is 10.0 Å². The molecule has 1 heterocycles. The van der Waals surface area contributed by atoms with Crippen molar-refractivity contribution in [1.29, 1.82) is 0 Å². The molecule has 0 spiro atoms. The van der Waals surface area contributed by atoms with E-state index in [4.69, 9.17) is 32.7 Å². The number of rotatable bonds is 7. The van der Waals surface area contributed by atoms with Crippen LogP contribution in [0.15, 0.2) is 36.4 Å². The van der Waals surface area contributed by atoms with Crippen molar-refractivity contribution in [1.82, 2.24) is 4.90 Å². The van der Waals surface area contributed by atoms with Gasteiger partial charge in [0.15, 0.2) is 5.75 Å². The molecule has 1 fully saturated rings. The van der Waals surface area contributed by atoms with Crippen molar-refractivity contribution in [3.63, 3.8) is 0 Å². The minimum absolute atomic E-state index is 0.0664. The zero-order valence-electron chi connectivity index (χ0n) is 16.8. The standard InChI is InChI=1S/C22H26Cl2N2O3/c1-3-4-13-29-21-19(23)14-16(15-20(21)24)22(27)26-11-9-25(10-12-26)17-5-7-18(28-2)8-6-17/h5-8,14-15H,3-4,9-13H2,1-2H3. The Morgan fingerprint density at radius 3 is 2.21 bits per heavy atom. The molecule has 1 saturated heterocycles. The van der Waals surface area contributed by atoms with Gasteiger partial charge in [-0.25, -0.2) is 0 Å². The summed E-state index contributed by atoms with van der Waals surface area (Å²) in [5.41, 5.74) is 1.61. The summed E-state index contributed by atoms with van der Waals surface area (Å²) in [6, 6.07) is 11.3. The van der Waals surface area contributed by atoms with Crippen molar-refractivity contribution in [3.8, 4) is 11.5 Å². The fourth-order valence-electron chi connectivity index (χ4n) is 3.28. The summed E-state index contributed by atoms with van der Waals surface area (Å²) in [4.78, 5) is 17.0. The SMILES string of the molecule is CCCCOc1c(Cl)cc(C(=O)N2CCN(c3ccc(OC)cc3)CC2)cc1Cl. The lowest BCUT2D eigenvalue weighted by molar-refractivity contribution is 0.0746. The molecule has 0 unspecified atom stereocenters. The van der Waals surface area contributed by atoms with E-state index in [2.05, 4.69) is 11.8 Å². The van der Waals surface area contributed by atoms with Crippen LogP contribution in [0.1, 0.15) is 30.1 Å². The monoisotopic (exact) mass is 436 g/mol. The number of piperazine rings is 1. The topological polar surface area (TPSA) is 42.0 Å². The lowest BCUT2D eigenvalue weighted by Gasteiger charge is -2.36. The molecule has 1 amide bonds. The van der Waals surface area contributed by atoms with Crippen LogP contribution in [-0.2, 0) is 0 Å². The van der Waals surface area contributed by atoms with E-state index in [0.717, 1.165) is 37.4 Å². The van der Waals surface area contributed by atoms with Crippen molar-refractivity contribution in [3.05, 3.63) is 52.0 Å². The second-order valence-corrected chi connectivity index (χ2v) is 7.76. The van der Waals surface area contributed by atoms with Gasteiger partial charge in [0.25, 0.3) is 5.91 Å². The summed E-state index contributed by atoms with van der Waals surface area (Å²) < 4.78 is 10.9. The number of benzene rings is 2. The molecule has 2 aromatic rings. The molecule has 0 bridgehead atoms. The van der Waals surface area contributed by atoms with Gasteiger partial charge >= 0.3 is 0 Å². The predicted octanol–water partition coefficient (Wildman–Crippen LogP) is 5.14. The van der Waals surface area contributed by atoms with E-state index in [9.17, 15) is 4.79 Å². The van der Waals surface area contributed by atoms with Crippen molar-refractivity contribution in [2.75, 3.05) is 44.8 Å². The molecule has 156 valence electrons. The molecule has 0 aromatic heterocycles. The molecule has 5 nitrogen and oxygen atoms in total. The van der Waals surface area contributed by atoms with Crippen LogP contribution in [0, 0.1) is 0 Å². The lowest BCUT2D eigenvalue weighted by Crippen LogP contribution is -2.48. The van der Waals surface area contributed by atoms with E-state index >= 15 is 0 Å². The highest BCUT2D eigenvalue weighted by Crippen LogP contribution is 2.35. The lowest BCUT2D eigenvalue weighted by atomic mass is 10.1. The minimum atomic E-state index is -0.0664. The third-order valence-corrected chi connectivity index (χ3v) is 5.56. The van der Waals surface area contributed by atoms with Crippen LogP contribution < -0.4 is 14.4 Å². The van der Waals surface area contributed by atoms with Crippen molar-refractivity contribution < 1.29 is 14.3 Å². The molecular formula is C22H26Cl2N2O3. The Bertz CT molecular complexity index is 811. The van der Waals surface area contributed by atoms with Gasteiger partial charge in [-0.1, -0.05) is 36.5 Å². The Kier molecular flexibility index (Phi) is 7.51. The van der Waals surface area contributed by atoms with Crippen molar-refractivity contribution in [2.24, 2.45) is 0 Å². The van der Waals surface area contributed by atoms with Gasteiger partial charge in [0, 0.05) is 37.4 Å². The van der Waals surface area contributed by atoms with E-state index < -0.39 is 0 Å². The summed E-state index contributed by atoms with van der Waals surface area (Å²) in [7, 11) is 1.65. The highest BCUT2D eigenvalue weighted by molar-refractivity contribution is 6.37. The van der Waals surface area contributed by atoms with Crippen LogP contribution in [0.25, 0.3) is 0 Å². The zero-order valence-corrected chi connectivity index (χ0v) is 18.3. The van der Waals surface area contributed by atoms with Crippen LogP contribution in [-0.4, -0.2) is 50.7 Å². The van der Waals surface area contributed by atoms with Crippen molar-refractivity contribution in [2.45, 2.75) is 19.8 Å². The van der Waals surface area contributed by atoms with Gasteiger partial charge in [0.2, 0.25) is 0 Å². The maximum Gasteiger partial charge on any atom is 0.254 e. The average molecular weight is 437 g/mol. The number of unbranched alkanes of at least 4 members (excludes halogenated alkanes) is 1. The molecule has 0 saturated carbocycles. The van der Waals surface area contributed by atoms with E-state index in [1.165, 1.54) is 0 Å². The maximum atomic E-state index is 12.9. The number of carbonyl (C=O) groups is 1. The second-order valence-electron chi connectivity index (χ2n) is 6.95. The Balaban J connectivity index is 1.62. The number of nitrogens with zero attached hydrogens (tertiary/aromatic N) is 2. The molecule has 1 aliphatic heterocycles. The van der Waals surface area contributed by atoms with Gasteiger partial charge in [-0.15, -0.1) is 0 Å². The van der Waals surface area contributed by atoms with Gasteiger partial charge in [-0.2, -0.15) is 0 Å². The summed E-state index contributed by atoms with van der Waals surface area (Å²) >= 11 is 12.7. The summed E-state index contributed by atoms with van der Waals surface area (Å²) in [6.07, 6.45) is 1.94. The first kappa shape index (κ1) is 21.6. The first-order valence-electron chi connectivity index (χ1n) is 9.83. The Hall–Kier alpha value is -2.11. The largest absolute Gasteiger partial charge is 0.497 e. The van der Waals surface area contributed by atoms with Crippen LogP contribution in [0.4, 0.5) is 5.69 Å². The quantitative estimate of drug-likeness (QED) is 0.563. The highest BCUT2D eigenvalue weighted by Gasteiger charge is 2.24. The Morgan fingerprint density at radius 1 is 1.03 bits per heavy atom. The smallest absolute Gasteiger partial charge is 0.254 e. The zero-order chi connectivity index (χ0) is 20.8. The van der Waals surface area contributed by atoms with E-state index in [0.29, 0.717) is 41.1 Å². The van der Waals surface area contributed by atoms with Crippen molar-refractivity contribution >= 4 is 34.8 Å². The number of halogens is 2. The van der Waals surface area contributed by atoms with Crippen LogP contribution in [0.5, 0.6) is 11.5 Å². The molecule has 0 N–H and O–H groups in total. The van der Waals surface area contributed by atoms with E-state index in [1.807, 2.05) is 29.2 Å². The van der Waals surface area contributed by atoms with Crippen LogP contribution >= 0.6 is 23.2 Å². The van der Waals surface area contributed by atoms with Gasteiger partial charge < -0.3 is 19.3 Å². The van der Waals surface area contributed by atoms with Gasteiger partial charge in [-0.3, -0.25) is 4.79 Å². The summed E-state index contributed by atoms with van der Waals surface area (Å²) in [6.45, 7) is 5.43. The first-order chi connectivity index (χ1) is 14.0. The number of hydrogen-bond donors (Lipinski definition) is 0. The molecule has 3 rings (SSSR count). The van der Waals surface area contributed by atoms with Gasteiger partial charge in [0.05, 0.1) is 23.8 Å². The molecule has 0 radical (unpaired) electrons. The van der Waals surface area contributed by atoms with E-state index in [1.54, 1.807) is 19.2 Å². The summed E-state index contributed by atoms with van der Waals surface area (Å²) in [5.74, 6) is 1.21. The van der Waals surface area contributed by atoms with Gasteiger partial charge in [0.1, 0.15) is 5.75 Å². The number of ether oxygens (including phenoxy) is 2. The molecule has 2 aromatic carbocycles. The van der Waals surface area contributed by atoms with Gasteiger partial charge in [-0.05, 0) is 42.8 Å². The third-order valence-electron chi connectivity index (χ3n) is 4.99. The number of amides is 1. The fraction of sp³-hybridized carbons (Fsp3) is 0.409. The molecule has 29 heavy (non-hydrogen) atoms. The third kappa shape index (κ3) is 5.28. The number of hydrogen-bond acceptors (Lipinski definition) is 4. The molecule has 1 aliphatic rings. The predicted molar refractivity (Wildman–Crippen MR) is 118 cm³/mol. The Morgan fingerprint density at radius 2 is 1.66 bits per heavy atom. The first-order valence-corrected chi connectivity index (χ1v) is 10.6. The number of anilines is 1. The molecule has 0 atom stereocenters. The minimum Gasteiger partial charge on any atom is -0.497 e. The normalized spacial score (nSPS) is 14.1. The Labute approximate surface area is 182 Å². The number of carbonyl (C=O) groups excluding carboxylic acids is 1. The summed E-state index contributed by atoms with van der Waals surface area (Å²) in [5, 5.41) is 0.739. The highest BCUT2D eigenvalue weighted by atomic mass is 35.5. The molecule has 0 aliphatic carbocycles. The van der Waals surface area contributed by atoms with E-state index in [-0.39, 0.29) is 5.91 Å².